The van der Waals surface area contributed by atoms with E-state index < -0.39 is 0 Å². The van der Waals surface area contributed by atoms with Crippen molar-refractivity contribution in [2.24, 2.45) is 11.8 Å². The molecule has 0 heterocycles. The standard InChI is InChI=1S/C17H24.C2H6/c1-13(2)17-9-7-15(8-10-17)12-16-6-4-5-14(3)11-16;1-2/h4-6,11-13,17H,7-10H2,1-3H3;1-2H3. The summed E-state index contributed by atoms with van der Waals surface area (Å²) in [6.45, 7) is 10.9. The largest absolute Gasteiger partial charge is 0.0696 e. The summed E-state index contributed by atoms with van der Waals surface area (Å²) in [4.78, 5) is 0. The lowest BCUT2D eigenvalue weighted by Gasteiger charge is -2.27. The van der Waals surface area contributed by atoms with Gasteiger partial charge in [0.2, 0.25) is 0 Å². The fourth-order valence-electron chi connectivity index (χ4n) is 2.82. The highest BCUT2D eigenvalue weighted by Crippen LogP contribution is 2.33. The summed E-state index contributed by atoms with van der Waals surface area (Å²) in [5.74, 6) is 1.81. The van der Waals surface area contributed by atoms with Crippen molar-refractivity contribution in [3.63, 3.8) is 0 Å². The third kappa shape index (κ3) is 5.22. The van der Waals surface area contributed by atoms with Gasteiger partial charge in [-0.05, 0) is 50.0 Å². The van der Waals surface area contributed by atoms with Crippen molar-refractivity contribution in [2.45, 2.75) is 60.3 Å². The van der Waals surface area contributed by atoms with Gasteiger partial charge in [-0.2, -0.15) is 0 Å². The molecule has 1 saturated carbocycles. The smallest absolute Gasteiger partial charge is 0.0254 e. The molecule has 0 aliphatic heterocycles. The van der Waals surface area contributed by atoms with Gasteiger partial charge in [0, 0.05) is 0 Å². The SMILES string of the molecule is CC.Cc1cccc(C=C2CCC(C(C)C)CC2)c1. The minimum absolute atomic E-state index is 0.857. The Morgan fingerprint density at radius 2 is 1.74 bits per heavy atom. The van der Waals surface area contributed by atoms with E-state index in [0.29, 0.717) is 0 Å². The molecule has 106 valence electrons. The molecular weight excluding hydrogens is 228 g/mol. The van der Waals surface area contributed by atoms with Gasteiger partial charge in [0.05, 0.1) is 0 Å². The lowest BCUT2D eigenvalue weighted by Crippen LogP contribution is -2.13. The summed E-state index contributed by atoms with van der Waals surface area (Å²) in [6.07, 6.45) is 7.78. The average Bonchev–Trinajstić information content (AvgIpc) is 2.41. The van der Waals surface area contributed by atoms with Gasteiger partial charge >= 0.3 is 0 Å². The fourth-order valence-corrected chi connectivity index (χ4v) is 2.82. The molecular formula is C19H30. The maximum Gasteiger partial charge on any atom is -0.0254 e. The van der Waals surface area contributed by atoms with E-state index in [4.69, 9.17) is 0 Å². The summed E-state index contributed by atoms with van der Waals surface area (Å²) in [6, 6.07) is 8.81. The normalized spacial score (nSPS) is 18.8. The van der Waals surface area contributed by atoms with Gasteiger partial charge in [-0.25, -0.2) is 0 Å². The van der Waals surface area contributed by atoms with Gasteiger partial charge in [0.25, 0.3) is 0 Å². The third-order valence-electron chi connectivity index (χ3n) is 4.03. The Morgan fingerprint density at radius 1 is 1.11 bits per heavy atom. The first-order chi connectivity index (χ1) is 9.15. The second-order valence-corrected chi connectivity index (χ2v) is 5.80. The van der Waals surface area contributed by atoms with Crippen LogP contribution in [0.5, 0.6) is 0 Å². The third-order valence-corrected chi connectivity index (χ3v) is 4.03. The number of hydrogen-bond donors (Lipinski definition) is 0. The van der Waals surface area contributed by atoms with Crippen LogP contribution in [0.4, 0.5) is 0 Å². The molecule has 2 rings (SSSR count). The Morgan fingerprint density at radius 3 is 2.26 bits per heavy atom. The van der Waals surface area contributed by atoms with E-state index in [-0.39, 0.29) is 0 Å². The maximum absolute atomic E-state index is 2.41. The van der Waals surface area contributed by atoms with Crippen molar-refractivity contribution in [1.29, 1.82) is 0 Å². The first kappa shape index (κ1) is 16.0. The summed E-state index contributed by atoms with van der Waals surface area (Å²) in [5.41, 5.74) is 4.38. The molecule has 1 aromatic rings. The van der Waals surface area contributed by atoms with Gasteiger partial charge < -0.3 is 0 Å². The van der Waals surface area contributed by atoms with Crippen LogP contribution in [-0.2, 0) is 0 Å². The van der Waals surface area contributed by atoms with Crippen LogP contribution in [0.2, 0.25) is 0 Å². The van der Waals surface area contributed by atoms with Gasteiger partial charge in [-0.1, -0.05) is 69.2 Å². The summed E-state index contributed by atoms with van der Waals surface area (Å²) < 4.78 is 0. The van der Waals surface area contributed by atoms with Gasteiger partial charge in [-0.3, -0.25) is 0 Å². The van der Waals surface area contributed by atoms with E-state index in [9.17, 15) is 0 Å². The van der Waals surface area contributed by atoms with E-state index in [2.05, 4.69) is 51.1 Å². The molecule has 0 bridgehead atoms. The Labute approximate surface area is 119 Å². The molecule has 0 aromatic heterocycles. The van der Waals surface area contributed by atoms with Crippen LogP contribution >= 0.6 is 0 Å². The summed E-state index contributed by atoms with van der Waals surface area (Å²) >= 11 is 0. The van der Waals surface area contributed by atoms with E-state index >= 15 is 0 Å². The number of aryl methyl sites for hydroxylation is 1. The molecule has 0 unspecified atom stereocenters. The molecule has 0 saturated heterocycles. The zero-order chi connectivity index (χ0) is 14.3. The van der Waals surface area contributed by atoms with Crippen molar-refractivity contribution < 1.29 is 0 Å². The minimum atomic E-state index is 0.857. The molecule has 0 amide bonds. The average molecular weight is 258 g/mol. The highest BCUT2D eigenvalue weighted by Gasteiger charge is 2.18. The van der Waals surface area contributed by atoms with Crippen molar-refractivity contribution in [3.8, 4) is 0 Å². The molecule has 0 heteroatoms. The van der Waals surface area contributed by atoms with E-state index in [1.54, 1.807) is 5.57 Å². The first-order valence-electron chi connectivity index (χ1n) is 7.91. The van der Waals surface area contributed by atoms with Crippen molar-refractivity contribution in [1.82, 2.24) is 0 Å². The van der Waals surface area contributed by atoms with Gasteiger partial charge in [-0.15, -0.1) is 0 Å². The number of hydrogen-bond acceptors (Lipinski definition) is 0. The molecule has 0 nitrogen and oxygen atoms in total. The molecule has 0 N–H and O–H groups in total. The molecule has 0 radical (unpaired) electrons. The zero-order valence-corrected chi connectivity index (χ0v) is 13.4. The molecule has 1 aromatic carbocycles. The summed E-state index contributed by atoms with van der Waals surface area (Å²) in [5, 5.41) is 0. The summed E-state index contributed by atoms with van der Waals surface area (Å²) in [7, 11) is 0. The first-order valence-corrected chi connectivity index (χ1v) is 7.91. The molecule has 1 aliphatic carbocycles. The molecule has 1 fully saturated rings. The highest BCUT2D eigenvalue weighted by molar-refractivity contribution is 5.53. The zero-order valence-electron chi connectivity index (χ0n) is 13.4. The molecule has 19 heavy (non-hydrogen) atoms. The fraction of sp³-hybridized carbons (Fsp3) is 0.579. The molecule has 0 spiro atoms. The van der Waals surface area contributed by atoms with Crippen molar-refractivity contribution in [2.75, 3.05) is 0 Å². The Hall–Kier alpha value is -1.04. The quantitative estimate of drug-likeness (QED) is 0.588. The molecule has 0 atom stereocenters. The Bertz CT molecular complexity index is 388. The van der Waals surface area contributed by atoms with Crippen LogP contribution in [0.15, 0.2) is 29.8 Å². The Balaban J connectivity index is 0.000000861. The predicted octanol–water partition coefficient (Wildman–Crippen LogP) is 6.25. The van der Waals surface area contributed by atoms with Crippen LogP contribution in [0, 0.1) is 18.8 Å². The second-order valence-electron chi connectivity index (χ2n) is 5.80. The minimum Gasteiger partial charge on any atom is -0.0696 e. The maximum atomic E-state index is 2.41. The number of benzene rings is 1. The number of rotatable bonds is 2. The van der Waals surface area contributed by atoms with Gasteiger partial charge in [0.15, 0.2) is 0 Å². The lowest BCUT2D eigenvalue weighted by molar-refractivity contribution is 0.312. The predicted molar refractivity (Wildman–Crippen MR) is 87.3 cm³/mol. The van der Waals surface area contributed by atoms with Crippen LogP contribution < -0.4 is 0 Å². The van der Waals surface area contributed by atoms with Crippen LogP contribution in [-0.4, -0.2) is 0 Å². The lowest BCUT2D eigenvalue weighted by atomic mass is 9.79. The second kappa shape index (κ2) is 8.19. The number of allylic oxidation sites excluding steroid dienone is 1. The van der Waals surface area contributed by atoms with E-state index in [1.807, 2.05) is 13.8 Å². The van der Waals surface area contributed by atoms with Crippen LogP contribution in [0.25, 0.3) is 6.08 Å². The molecule has 1 aliphatic rings. The topological polar surface area (TPSA) is 0 Å². The van der Waals surface area contributed by atoms with E-state index in [0.717, 1.165) is 11.8 Å². The monoisotopic (exact) mass is 258 g/mol. The van der Waals surface area contributed by atoms with Crippen LogP contribution in [0.3, 0.4) is 0 Å². The van der Waals surface area contributed by atoms with E-state index in [1.165, 1.54) is 36.8 Å². The van der Waals surface area contributed by atoms with Crippen molar-refractivity contribution >= 4 is 6.08 Å². The highest BCUT2D eigenvalue weighted by atomic mass is 14.2. The Kier molecular flexibility index (Phi) is 6.91. The van der Waals surface area contributed by atoms with Crippen LogP contribution in [0.1, 0.15) is 64.5 Å². The van der Waals surface area contributed by atoms with Gasteiger partial charge in [0.1, 0.15) is 0 Å². The van der Waals surface area contributed by atoms with Crippen molar-refractivity contribution in [3.05, 3.63) is 41.0 Å².